The van der Waals surface area contributed by atoms with Crippen LogP contribution in [0.3, 0.4) is 0 Å². The van der Waals surface area contributed by atoms with Crippen LogP contribution in [0.25, 0.3) is 0 Å². The van der Waals surface area contributed by atoms with Gasteiger partial charge in [-0.2, -0.15) is 0 Å². The van der Waals surface area contributed by atoms with E-state index in [1.165, 1.54) is 0 Å². The number of carbonyl (C=O) groups excluding carboxylic acids is 1. The zero-order valence-electron chi connectivity index (χ0n) is 10.6. The van der Waals surface area contributed by atoms with Crippen LogP contribution in [0.2, 0.25) is 0 Å². The Bertz CT molecular complexity index is 544. The van der Waals surface area contributed by atoms with E-state index in [0.29, 0.717) is 5.69 Å². The molecule has 0 fully saturated rings. The zero-order valence-corrected chi connectivity index (χ0v) is 10.6. The molecule has 0 saturated carbocycles. The van der Waals surface area contributed by atoms with Gasteiger partial charge >= 0.3 is 0 Å². The summed E-state index contributed by atoms with van der Waals surface area (Å²) in [5.41, 5.74) is 1.20. The average Bonchev–Trinajstić information content (AvgIpc) is 2.46. The van der Waals surface area contributed by atoms with Gasteiger partial charge in [0.25, 0.3) is 5.91 Å². The Morgan fingerprint density at radius 1 is 1.21 bits per heavy atom. The van der Waals surface area contributed by atoms with Gasteiger partial charge in [0.1, 0.15) is 5.69 Å². The summed E-state index contributed by atoms with van der Waals surface area (Å²) >= 11 is 0. The van der Waals surface area contributed by atoms with Crippen molar-refractivity contribution in [3.8, 4) is 0 Å². The molecule has 0 atom stereocenters. The van der Waals surface area contributed by atoms with Crippen molar-refractivity contribution in [2.45, 2.75) is 13.3 Å². The van der Waals surface area contributed by atoms with E-state index in [4.69, 9.17) is 0 Å². The summed E-state index contributed by atoms with van der Waals surface area (Å²) in [6.07, 6.45) is 5.74. The van der Waals surface area contributed by atoms with Gasteiger partial charge in [0.05, 0.1) is 0 Å². The number of amides is 1. The number of pyridine rings is 1. The Morgan fingerprint density at radius 2 is 2.00 bits per heavy atom. The lowest BCUT2D eigenvalue weighted by Crippen LogP contribution is -2.15. The smallest absolute Gasteiger partial charge is 0.276 e. The molecule has 2 N–H and O–H groups in total. The molecule has 0 aliphatic carbocycles. The van der Waals surface area contributed by atoms with Gasteiger partial charge in [0, 0.05) is 30.8 Å². The van der Waals surface area contributed by atoms with E-state index in [-0.39, 0.29) is 11.9 Å². The van der Waals surface area contributed by atoms with Crippen LogP contribution in [0.4, 0.5) is 11.6 Å². The summed E-state index contributed by atoms with van der Waals surface area (Å²) in [4.78, 5) is 23.9. The van der Waals surface area contributed by atoms with Gasteiger partial charge in [-0.3, -0.25) is 15.1 Å². The monoisotopic (exact) mass is 257 g/mol. The molecular formula is C13H15N5O. The number of carbonyl (C=O) groups is 1. The third-order valence-corrected chi connectivity index (χ3v) is 2.36. The average molecular weight is 257 g/mol. The van der Waals surface area contributed by atoms with E-state index < -0.39 is 0 Å². The minimum atomic E-state index is -0.327. The summed E-state index contributed by atoms with van der Waals surface area (Å²) in [6.45, 7) is 2.93. The molecule has 2 heterocycles. The molecule has 0 aliphatic heterocycles. The topological polar surface area (TPSA) is 79.8 Å². The number of hydrogen-bond acceptors (Lipinski definition) is 5. The SMILES string of the molecule is CCCNc1ccnc(C(=O)Nc2ncccn2)c1. The van der Waals surface area contributed by atoms with E-state index in [9.17, 15) is 4.79 Å². The minimum absolute atomic E-state index is 0.265. The summed E-state index contributed by atoms with van der Waals surface area (Å²) in [7, 11) is 0. The van der Waals surface area contributed by atoms with Crippen molar-refractivity contribution in [2.24, 2.45) is 0 Å². The highest BCUT2D eigenvalue weighted by Gasteiger charge is 2.09. The summed E-state index contributed by atoms with van der Waals surface area (Å²) < 4.78 is 0. The van der Waals surface area contributed by atoms with Crippen molar-refractivity contribution in [1.29, 1.82) is 0 Å². The Hall–Kier alpha value is -2.50. The first-order valence-electron chi connectivity index (χ1n) is 6.08. The molecule has 0 aromatic carbocycles. The van der Waals surface area contributed by atoms with Crippen molar-refractivity contribution in [1.82, 2.24) is 15.0 Å². The van der Waals surface area contributed by atoms with Crippen LogP contribution < -0.4 is 10.6 Å². The molecule has 2 aromatic rings. The summed E-state index contributed by atoms with van der Waals surface area (Å²) in [5.74, 6) is -0.0624. The molecule has 2 rings (SSSR count). The van der Waals surface area contributed by atoms with Crippen molar-refractivity contribution in [3.05, 3.63) is 42.5 Å². The van der Waals surface area contributed by atoms with Crippen LogP contribution in [0.1, 0.15) is 23.8 Å². The molecule has 6 nitrogen and oxygen atoms in total. The summed E-state index contributed by atoms with van der Waals surface area (Å²) in [6, 6.07) is 5.21. The Balaban J connectivity index is 2.06. The molecule has 0 radical (unpaired) electrons. The van der Waals surface area contributed by atoms with Gasteiger partial charge in [-0.25, -0.2) is 9.97 Å². The molecule has 0 spiro atoms. The van der Waals surface area contributed by atoms with Crippen LogP contribution in [-0.2, 0) is 0 Å². The van der Waals surface area contributed by atoms with E-state index in [0.717, 1.165) is 18.7 Å². The standard InChI is InChI=1S/C13H15N5O/c1-2-5-14-10-4-8-15-11(9-10)12(19)18-13-16-6-3-7-17-13/h3-4,6-9H,2,5H2,1H3,(H,14,15)(H,16,17,18,19). The Labute approximate surface area is 111 Å². The largest absolute Gasteiger partial charge is 0.385 e. The first kappa shape index (κ1) is 12.9. The van der Waals surface area contributed by atoms with Crippen molar-refractivity contribution in [2.75, 3.05) is 17.2 Å². The highest BCUT2D eigenvalue weighted by Crippen LogP contribution is 2.09. The fourth-order valence-electron chi connectivity index (χ4n) is 1.46. The second kappa shape index (κ2) is 6.44. The highest BCUT2D eigenvalue weighted by atomic mass is 16.2. The number of nitrogens with one attached hydrogen (secondary N) is 2. The van der Waals surface area contributed by atoms with Crippen LogP contribution in [0, 0.1) is 0 Å². The normalized spacial score (nSPS) is 9.95. The molecule has 0 unspecified atom stereocenters. The number of aromatic nitrogens is 3. The number of nitrogens with zero attached hydrogens (tertiary/aromatic N) is 3. The van der Waals surface area contributed by atoms with Gasteiger partial charge in [0.15, 0.2) is 0 Å². The third-order valence-electron chi connectivity index (χ3n) is 2.36. The fourth-order valence-corrected chi connectivity index (χ4v) is 1.46. The van der Waals surface area contributed by atoms with E-state index >= 15 is 0 Å². The predicted molar refractivity (Wildman–Crippen MR) is 73.0 cm³/mol. The number of hydrogen-bond donors (Lipinski definition) is 2. The van der Waals surface area contributed by atoms with Crippen LogP contribution >= 0.6 is 0 Å². The number of rotatable bonds is 5. The van der Waals surface area contributed by atoms with Crippen molar-refractivity contribution >= 4 is 17.5 Å². The lowest BCUT2D eigenvalue weighted by atomic mass is 10.3. The van der Waals surface area contributed by atoms with E-state index in [1.54, 1.807) is 30.7 Å². The van der Waals surface area contributed by atoms with Gasteiger partial charge < -0.3 is 5.32 Å². The van der Waals surface area contributed by atoms with Gasteiger partial charge in [0.2, 0.25) is 5.95 Å². The predicted octanol–water partition coefficient (Wildman–Crippen LogP) is 1.95. The second-order valence-corrected chi connectivity index (χ2v) is 3.88. The van der Waals surface area contributed by atoms with E-state index in [1.807, 2.05) is 6.07 Å². The van der Waals surface area contributed by atoms with Crippen molar-refractivity contribution < 1.29 is 4.79 Å². The molecule has 98 valence electrons. The van der Waals surface area contributed by atoms with Crippen LogP contribution in [-0.4, -0.2) is 27.4 Å². The maximum atomic E-state index is 12.0. The minimum Gasteiger partial charge on any atom is -0.385 e. The summed E-state index contributed by atoms with van der Waals surface area (Å²) in [5, 5.41) is 5.79. The van der Waals surface area contributed by atoms with Gasteiger partial charge in [-0.05, 0) is 24.6 Å². The molecule has 0 aliphatic rings. The first-order valence-corrected chi connectivity index (χ1v) is 6.08. The maximum Gasteiger partial charge on any atom is 0.276 e. The zero-order chi connectivity index (χ0) is 13.5. The quantitative estimate of drug-likeness (QED) is 0.855. The second-order valence-electron chi connectivity index (χ2n) is 3.88. The van der Waals surface area contributed by atoms with Crippen molar-refractivity contribution in [3.63, 3.8) is 0 Å². The van der Waals surface area contributed by atoms with E-state index in [2.05, 4.69) is 32.5 Å². The molecule has 0 bridgehead atoms. The first-order chi connectivity index (χ1) is 9.29. The van der Waals surface area contributed by atoms with Gasteiger partial charge in [-0.15, -0.1) is 0 Å². The number of anilines is 2. The maximum absolute atomic E-state index is 12.0. The Kier molecular flexibility index (Phi) is 4.39. The highest BCUT2D eigenvalue weighted by molar-refractivity contribution is 6.02. The molecule has 2 aromatic heterocycles. The van der Waals surface area contributed by atoms with Crippen LogP contribution in [0.5, 0.6) is 0 Å². The van der Waals surface area contributed by atoms with Crippen LogP contribution in [0.15, 0.2) is 36.8 Å². The molecule has 6 heteroatoms. The lowest BCUT2D eigenvalue weighted by molar-refractivity contribution is 0.102. The lowest BCUT2D eigenvalue weighted by Gasteiger charge is -2.06. The third kappa shape index (κ3) is 3.74. The molecule has 19 heavy (non-hydrogen) atoms. The Morgan fingerprint density at radius 3 is 2.74 bits per heavy atom. The molecule has 0 saturated heterocycles. The van der Waals surface area contributed by atoms with Gasteiger partial charge in [-0.1, -0.05) is 6.92 Å². The molecular weight excluding hydrogens is 242 g/mol. The fraction of sp³-hybridized carbons (Fsp3) is 0.231. The molecule has 1 amide bonds.